The summed E-state index contributed by atoms with van der Waals surface area (Å²) in [6.07, 6.45) is 20.0. The molecule has 0 aromatic carbocycles. The smallest absolute Gasteiger partial charge is 0.384 e. The van der Waals surface area contributed by atoms with Crippen molar-refractivity contribution in [2.24, 2.45) is 0 Å². The normalized spacial score (nSPS) is 10.9. The van der Waals surface area contributed by atoms with Crippen LogP contribution in [-0.4, -0.2) is 49.2 Å². The van der Waals surface area contributed by atoms with E-state index in [9.17, 15) is 14.4 Å². The van der Waals surface area contributed by atoms with Gasteiger partial charge in [0.05, 0.1) is 19.8 Å². The van der Waals surface area contributed by atoms with E-state index in [1.807, 2.05) is 11.3 Å². The maximum atomic E-state index is 11.5. The van der Waals surface area contributed by atoms with E-state index in [0.29, 0.717) is 13.0 Å². The highest BCUT2D eigenvalue weighted by Gasteiger charge is 1.99. The van der Waals surface area contributed by atoms with Gasteiger partial charge in [-0.2, -0.15) is 0 Å². The van der Waals surface area contributed by atoms with Crippen LogP contribution in [0.25, 0.3) is 0 Å². The lowest BCUT2D eigenvalue weighted by atomic mass is 10.1. The molecule has 8 heteroatoms. The number of rotatable bonds is 22. The molecular weight excluding hydrogens is 472 g/mol. The first-order chi connectivity index (χ1) is 16.6. The second-order valence-electron chi connectivity index (χ2n) is 7.50. The molecule has 0 aromatic heterocycles. The van der Waals surface area contributed by atoms with Gasteiger partial charge in [-0.05, 0) is 41.6 Å². The van der Waals surface area contributed by atoms with Gasteiger partial charge in [0.25, 0.3) is 0 Å². The summed E-state index contributed by atoms with van der Waals surface area (Å²) >= 11 is 3.28. The van der Waals surface area contributed by atoms with Crippen LogP contribution in [0.2, 0.25) is 0 Å². The van der Waals surface area contributed by atoms with E-state index in [4.69, 9.17) is 15.9 Å². The van der Waals surface area contributed by atoms with Crippen LogP contribution in [0.3, 0.4) is 0 Å². The van der Waals surface area contributed by atoms with Gasteiger partial charge in [0.2, 0.25) is 0 Å². The predicted octanol–water partition coefficient (Wildman–Crippen LogP) is 6.05. The van der Waals surface area contributed by atoms with Crippen LogP contribution >= 0.6 is 23.5 Å². The summed E-state index contributed by atoms with van der Waals surface area (Å²) in [5.41, 5.74) is 0. The molecule has 0 aliphatic heterocycles. The van der Waals surface area contributed by atoms with Crippen molar-refractivity contribution >= 4 is 41.4 Å². The van der Waals surface area contributed by atoms with Crippen molar-refractivity contribution in [1.82, 2.24) is 0 Å². The molecule has 0 spiro atoms. The topological polar surface area (TPSA) is 78.9 Å². The molecule has 0 heterocycles. The number of hydrogen-bond acceptors (Lipinski definition) is 8. The van der Waals surface area contributed by atoms with E-state index in [-0.39, 0.29) is 19.2 Å². The Morgan fingerprint density at radius 2 is 1.12 bits per heavy atom. The third-order valence-corrected chi connectivity index (χ3v) is 6.21. The van der Waals surface area contributed by atoms with Gasteiger partial charge in [-0.3, -0.25) is 0 Å². The molecule has 0 aliphatic carbocycles. The first-order valence-corrected chi connectivity index (χ1v) is 14.2. The molecule has 0 rings (SSSR count). The predicted molar refractivity (Wildman–Crippen MR) is 141 cm³/mol. The molecule has 0 amide bonds. The fourth-order valence-corrected chi connectivity index (χ4v) is 4.05. The molecule has 0 N–H and O–H groups in total. The fourth-order valence-electron chi connectivity index (χ4n) is 2.63. The lowest BCUT2D eigenvalue weighted by Gasteiger charge is -2.02. The third kappa shape index (κ3) is 24.8. The highest BCUT2D eigenvalue weighted by Crippen LogP contribution is 2.13. The zero-order valence-corrected chi connectivity index (χ0v) is 22.1. The van der Waals surface area contributed by atoms with Gasteiger partial charge >= 0.3 is 17.9 Å². The monoisotopic (exact) mass is 512 g/mol. The number of unbranched alkanes of at least 4 members (excludes halogenated alkanes) is 8. The van der Waals surface area contributed by atoms with Crippen molar-refractivity contribution in [2.45, 2.75) is 77.6 Å². The zero-order valence-electron chi connectivity index (χ0n) is 20.5. The average Bonchev–Trinajstić information content (AvgIpc) is 2.83. The zero-order chi connectivity index (χ0) is 25.1. The molecule has 192 valence electrons. The first-order valence-electron chi connectivity index (χ1n) is 12.1. The van der Waals surface area contributed by atoms with E-state index in [1.54, 1.807) is 28.9 Å². The van der Waals surface area contributed by atoms with Gasteiger partial charge in [-0.25, -0.2) is 14.4 Å². The van der Waals surface area contributed by atoms with Crippen LogP contribution in [0, 0.1) is 12.3 Å². The number of ether oxygens (including phenoxy) is 3. The first kappa shape index (κ1) is 32.1. The molecule has 0 fully saturated rings. The van der Waals surface area contributed by atoms with Crippen LogP contribution in [0.15, 0.2) is 23.0 Å². The number of terminal acetylenes is 1. The van der Waals surface area contributed by atoms with Crippen LogP contribution in [0.4, 0.5) is 0 Å². The number of carbonyl (C=O) groups is 3. The summed E-state index contributed by atoms with van der Waals surface area (Å²) in [7, 11) is 0. The highest BCUT2D eigenvalue weighted by molar-refractivity contribution is 8.02. The average molecular weight is 513 g/mol. The lowest BCUT2D eigenvalue weighted by Crippen LogP contribution is -2.08. The lowest BCUT2D eigenvalue weighted by molar-refractivity contribution is -0.140. The minimum absolute atomic E-state index is 0.143. The number of thioether (sulfide) groups is 2. The van der Waals surface area contributed by atoms with Gasteiger partial charge in [0, 0.05) is 24.5 Å². The summed E-state index contributed by atoms with van der Waals surface area (Å²) < 4.78 is 14.7. The molecule has 0 radical (unpaired) electrons. The Labute approximate surface area is 214 Å². The Kier molecular flexibility index (Phi) is 24.4. The summed E-state index contributed by atoms with van der Waals surface area (Å²) in [5.74, 6) is 2.53. The number of carbonyl (C=O) groups excluding carboxylic acids is 3. The SMILES string of the molecule is C#CC(=O)OCCCOC(=O)C=CSCCCCCCCCCCS/C=C/C(=O)OCCCC. The van der Waals surface area contributed by atoms with Crippen molar-refractivity contribution < 1.29 is 28.6 Å². The molecule has 0 saturated heterocycles. The highest BCUT2D eigenvalue weighted by atomic mass is 32.2. The van der Waals surface area contributed by atoms with E-state index >= 15 is 0 Å². The van der Waals surface area contributed by atoms with Gasteiger partial charge in [-0.1, -0.05) is 51.9 Å². The molecule has 0 saturated carbocycles. The summed E-state index contributed by atoms with van der Waals surface area (Å²) in [6, 6.07) is 0. The van der Waals surface area contributed by atoms with Crippen LogP contribution in [0.1, 0.15) is 77.6 Å². The van der Waals surface area contributed by atoms with E-state index in [0.717, 1.165) is 30.8 Å². The van der Waals surface area contributed by atoms with E-state index < -0.39 is 11.9 Å². The van der Waals surface area contributed by atoms with Crippen LogP contribution in [0.5, 0.6) is 0 Å². The number of esters is 3. The summed E-state index contributed by atoms with van der Waals surface area (Å²) in [4.78, 5) is 33.6. The van der Waals surface area contributed by atoms with Gasteiger partial charge in [-0.15, -0.1) is 29.9 Å². The largest absolute Gasteiger partial charge is 0.463 e. The van der Waals surface area contributed by atoms with Crippen molar-refractivity contribution in [3.05, 3.63) is 23.0 Å². The minimum atomic E-state index is -0.707. The van der Waals surface area contributed by atoms with Crippen molar-refractivity contribution in [2.75, 3.05) is 31.3 Å². The maximum absolute atomic E-state index is 11.5. The van der Waals surface area contributed by atoms with Crippen LogP contribution < -0.4 is 0 Å². The number of hydrogen-bond donors (Lipinski definition) is 0. The fraction of sp³-hybridized carbons (Fsp3) is 0.654. The van der Waals surface area contributed by atoms with Crippen molar-refractivity contribution in [3.8, 4) is 12.3 Å². The third-order valence-electron chi connectivity index (χ3n) is 4.50. The second kappa shape index (κ2) is 25.8. The Morgan fingerprint density at radius 3 is 1.59 bits per heavy atom. The Bertz CT molecular complexity index is 640. The van der Waals surface area contributed by atoms with Crippen molar-refractivity contribution in [3.63, 3.8) is 0 Å². The molecule has 0 aliphatic rings. The molecule has 34 heavy (non-hydrogen) atoms. The second-order valence-corrected chi connectivity index (χ2v) is 9.53. The quantitative estimate of drug-likeness (QED) is 0.0433. The Balaban J connectivity index is 3.34. The van der Waals surface area contributed by atoms with Gasteiger partial charge in [0.1, 0.15) is 0 Å². The molecule has 6 nitrogen and oxygen atoms in total. The van der Waals surface area contributed by atoms with Crippen molar-refractivity contribution in [1.29, 1.82) is 0 Å². The standard InChI is InChI=1S/C26H40O6S2/c1-3-5-17-31-25(28)15-22-33-20-12-10-8-6-7-9-11-13-21-34-23-16-26(29)32-19-14-18-30-24(27)4-2/h2,15-16,22-23H,3,5-14,17-21H2,1H3/b22-15+,23-16?. The molecule has 0 atom stereocenters. The summed E-state index contributed by atoms with van der Waals surface area (Å²) in [5, 5.41) is 3.61. The summed E-state index contributed by atoms with van der Waals surface area (Å²) in [6.45, 7) is 2.91. The minimum Gasteiger partial charge on any atom is -0.463 e. The van der Waals surface area contributed by atoms with Gasteiger partial charge < -0.3 is 14.2 Å². The Hall–Kier alpha value is -1.85. The molecule has 0 unspecified atom stereocenters. The van der Waals surface area contributed by atoms with Gasteiger partial charge in [0.15, 0.2) is 0 Å². The molecular formula is C26H40O6S2. The maximum Gasteiger partial charge on any atom is 0.384 e. The molecule has 0 bridgehead atoms. The van der Waals surface area contributed by atoms with E-state index in [1.165, 1.54) is 57.1 Å². The Morgan fingerprint density at radius 1 is 0.676 bits per heavy atom. The van der Waals surface area contributed by atoms with Crippen LogP contribution in [-0.2, 0) is 28.6 Å². The molecule has 0 aromatic rings. The van der Waals surface area contributed by atoms with E-state index in [2.05, 4.69) is 11.7 Å².